The number of hydrogen-bond donors (Lipinski definition) is 0. The minimum Gasteiger partial charge on any atom is -0.314 e. The Morgan fingerprint density at radius 3 is 2.43 bits per heavy atom. The molecule has 3 aliphatic rings. The van der Waals surface area contributed by atoms with Gasteiger partial charge < -0.3 is 9.80 Å². The van der Waals surface area contributed by atoms with Crippen molar-refractivity contribution in [3.05, 3.63) is 53.4 Å². The zero-order chi connectivity index (χ0) is 21.6. The van der Waals surface area contributed by atoms with Gasteiger partial charge in [0.05, 0.1) is 0 Å². The SMILES string of the molecule is CC1=C(C)N2C(=NC3C2C(=O)N(C/C=C/c2ccccc2)C(=O)N3C)N1CC(C)C. The van der Waals surface area contributed by atoms with Crippen LogP contribution in [-0.2, 0) is 4.79 Å². The first-order valence-corrected chi connectivity index (χ1v) is 10.4. The van der Waals surface area contributed by atoms with E-state index in [2.05, 4.69) is 25.7 Å². The predicted molar refractivity (Wildman–Crippen MR) is 117 cm³/mol. The quantitative estimate of drug-likeness (QED) is 0.752. The number of allylic oxidation sites excluding steroid dienone is 2. The Morgan fingerprint density at radius 1 is 1.07 bits per heavy atom. The summed E-state index contributed by atoms with van der Waals surface area (Å²) in [4.78, 5) is 38.3. The Hall–Kier alpha value is -3.09. The number of rotatable bonds is 5. The van der Waals surface area contributed by atoms with E-state index in [0.717, 1.165) is 29.5 Å². The molecule has 0 aliphatic carbocycles. The van der Waals surface area contributed by atoms with Crippen LogP contribution in [0.2, 0.25) is 0 Å². The maximum Gasteiger partial charge on any atom is 0.328 e. The van der Waals surface area contributed by atoms with Crippen molar-refractivity contribution in [2.75, 3.05) is 20.1 Å². The molecule has 3 amide bonds. The average molecular weight is 408 g/mol. The molecule has 0 radical (unpaired) electrons. The molecule has 0 saturated carbocycles. The Bertz CT molecular complexity index is 950. The summed E-state index contributed by atoms with van der Waals surface area (Å²) in [6, 6.07) is 9.03. The van der Waals surface area contributed by atoms with Crippen molar-refractivity contribution in [3.63, 3.8) is 0 Å². The molecule has 4 rings (SSSR count). The number of fused-ring (bicyclic) bond motifs is 3. The number of hydrogen-bond acceptors (Lipinski definition) is 5. The van der Waals surface area contributed by atoms with Crippen LogP contribution < -0.4 is 0 Å². The van der Waals surface area contributed by atoms with E-state index in [0.29, 0.717) is 5.92 Å². The van der Waals surface area contributed by atoms with Gasteiger partial charge in [-0.15, -0.1) is 0 Å². The summed E-state index contributed by atoms with van der Waals surface area (Å²) in [7, 11) is 1.73. The molecule has 1 fully saturated rings. The molecule has 1 aromatic rings. The van der Waals surface area contributed by atoms with E-state index < -0.39 is 12.2 Å². The van der Waals surface area contributed by atoms with E-state index >= 15 is 0 Å². The van der Waals surface area contributed by atoms with Crippen molar-refractivity contribution in [1.29, 1.82) is 0 Å². The van der Waals surface area contributed by atoms with Crippen LogP contribution in [0.25, 0.3) is 6.08 Å². The monoisotopic (exact) mass is 407 g/mol. The molecule has 2 unspecified atom stereocenters. The van der Waals surface area contributed by atoms with Crippen LogP contribution in [0.3, 0.4) is 0 Å². The lowest BCUT2D eigenvalue weighted by molar-refractivity contribution is -0.136. The lowest BCUT2D eigenvalue weighted by Gasteiger charge is -2.40. The van der Waals surface area contributed by atoms with E-state index in [1.807, 2.05) is 54.3 Å². The Morgan fingerprint density at radius 2 is 1.77 bits per heavy atom. The Labute approximate surface area is 177 Å². The summed E-state index contributed by atoms with van der Waals surface area (Å²) in [5.41, 5.74) is 3.17. The molecule has 0 spiro atoms. The maximum absolute atomic E-state index is 13.4. The van der Waals surface area contributed by atoms with Gasteiger partial charge in [0.1, 0.15) is 0 Å². The van der Waals surface area contributed by atoms with Gasteiger partial charge in [0.2, 0.25) is 5.96 Å². The second-order valence-electron chi connectivity index (χ2n) is 8.49. The standard InChI is InChI=1S/C23H29N5O2/c1-15(2)14-27-16(3)17(4)28-19-20(24-22(27)28)25(5)23(30)26(21(19)29)13-9-12-18-10-7-6-8-11-18/h6-12,15,19-20H,13-14H2,1-5H3/b12-9+. The van der Waals surface area contributed by atoms with Crippen LogP contribution in [0, 0.1) is 5.92 Å². The van der Waals surface area contributed by atoms with Crippen LogP contribution in [-0.4, -0.2) is 69.8 Å². The molecule has 0 N–H and O–H groups in total. The zero-order valence-corrected chi connectivity index (χ0v) is 18.2. The minimum absolute atomic E-state index is 0.196. The highest BCUT2D eigenvalue weighted by molar-refractivity contribution is 6.05. The van der Waals surface area contributed by atoms with Crippen LogP contribution in [0.15, 0.2) is 52.8 Å². The van der Waals surface area contributed by atoms with Gasteiger partial charge in [-0.1, -0.05) is 56.3 Å². The summed E-state index contributed by atoms with van der Waals surface area (Å²) < 4.78 is 0. The maximum atomic E-state index is 13.4. The van der Waals surface area contributed by atoms with Gasteiger partial charge in [-0.25, -0.2) is 9.79 Å². The molecule has 30 heavy (non-hydrogen) atoms. The molecule has 2 atom stereocenters. The number of likely N-dealkylation sites (N-methyl/N-ethyl adjacent to an activating group) is 1. The van der Waals surface area contributed by atoms with Gasteiger partial charge in [-0.2, -0.15) is 0 Å². The summed E-state index contributed by atoms with van der Waals surface area (Å²) in [5, 5.41) is 0. The number of benzene rings is 1. The third-order valence-electron chi connectivity index (χ3n) is 5.95. The van der Waals surface area contributed by atoms with Crippen molar-refractivity contribution < 1.29 is 9.59 Å². The topological polar surface area (TPSA) is 59.5 Å². The number of carbonyl (C=O) groups excluding carboxylic acids is 2. The fourth-order valence-electron chi connectivity index (χ4n) is 4.29. The van der Waals surface area contributed by atoms with Crippen LogP contribution in [0.5, 0.6) is 0 Å². The fraction of sp³-hybridized carbons (Fsp3) is 0.435. The minimum atomic E-state index is -0.514. The first-order valence-electron chi connectivity index (χ1n) is 10.4. The molecular formula is C23H29N5O2. The predicted octanol–water partition coefficient (Wildman–Crippen LogP) is 3.18. The van der Waals surface area contributed by atoms with Gasteiger partial charge in [0.15, 0.2) is 12.2 Å². The fourth-order valence-corrected chi connectivity index (χ4v) is 4.29. The second kappa shape index (κ2) is 7.63. The van der Waals surface area contributed by atoms with Gasteiger partial charge in [0, 0.05) is 31.5 Å². The molecular weight excluding hydrogens is 378 g/mol. The summed E-state index contributed by atoms with van der Waals surface area (Å²) in [6.07, 6.45) is 3.30. The number of carbonyl (C=O) groups is 2. The largest absolute Gasteiger partial charge is 0.328 e. The van der Waals surface area contributed by atoms with Crippen molar-refractivity contribution >= 4 is 24.0 Å². The van der Waals surface area contributed by atoms with Crippen molar-refractivity contribution in [2.24, 2.45) is 10.9 Å². The summed E-state index contributed by atoms with van der Waals surface area (Å²) in [6.45, 7) is 9.48. The number of imide groups is 1. The van der Waals surface area contributed by atoms with E-state index in [9.17, 15) is 9.59 Å². The molecule has 7 heteroatoms. The van der Waals surface area contributed by atoms with Crippen molar-refractivity contribution in [2.45, 2.75) is 39.9 Å². The molecule has 0 bridgehead atoms. The third kappa shape index (κ3) is 3.18. The van der Waals surface area contributed by atoms with E-state index in [1.54, 1.807) is 11.9 Å². The van der Waals surface area contributed by atoms with Crippen LogP contribution in [0.4, 0.5) is 4.79 Å². The summed E-state index contributed by atoms with van der Waals surface area (Å²) >= 11 is 0. The average Bonchev–Trinajstić information content (AvgIpc) is 3.21. The van der Waals surface area contributed by atoms with Crippen molar-refractivity contribution in [1.82, 2.24) is 19.6 Å². The highest BCUT2D eigenvalue weighted by atomic mass is 16.2. The molecule has 158 valence electrons. The van der Waals surface area contributed by atoms with Gasteiger partial charge in [0.25, 0.3) is 5.91 Å². The Kier molecular flexibility index (Phi) is 5.13. The lowest BCUT2D eigenvalue weighted by Crippen LogP contribution is -2.64. The van der Waals surface area contributed by atoms with Crippen LogP contribution in [0.1, 0.15) is 33.3 Å². The molecule has 3 aliphatic heterocycles. The van der Waals surface area contributed by atoms with Gasteiger partial charge >= 0.3 is 6.03 Å². The third-order valence-corrected chi connectivity index (χ3v) is 5.95. The second-order valence-corrected chi connectivity index (χ2v) is 8.49. The van der Waals surface area contributed by atoms with Gasteiger partial charge in [-0.3, -0.25) is 14.6 Å². The number of aliphatic imine (C=N–C) groups is 1. The van der Waals surface area contributed by atoms with E-state index in [1.165, 1.54) is 4.90 Å². The lowest BCUT2D eigenvalue weighted by atomic mass is 10.1. The molecule has 7 nitrogen and oxygen atoms in total. The number of amides is 3. The molecule has 1 aromatic carbocycles. The molecule has 0 aromatic heterocycles. The highest BCUT2D eigenvalue weighted by Gasteiger charge is 2.55. The smallest absolute Gasteiger partial charge is 0.314 e. The first kappa shape index (κ1) is 20.2. The highest BCUT2D eigenvalue weighted by Crippen LogP contribution is 2.37. The van der Waals surface area contributed by atoms with Crippen molar-refractivity contribution in [3.8, 4) is 0 Å². The van der Waals surface area contributed by atoms with E-state index in [-0.39, 0.29) is 18.5 Å². The molecule has 1 saturated heterocycles. The van der Waals surface area contributed by atoms with Crippen LogP contribution >= 0.6 is 0 Å². The number of guanidine groups is 1. The first-order chi connectivity index (χ1) is 14.3. The normalized spacial score (nSPS) is 23.9. The Balaban J connectivity index is 1.59. The number of urea groups is 1. The number of nitrogens with zero attached hydrogens (tertiary/aromatic N) is 5. The van der Waals surface area contributed by atoms with Gasteiger partial charge in [-0.05, 0) is 25.3 Å². The van der Waals surface area contributed by atoms with E-state index in [4.69, 9.17) is 4.99 Å². The molecule has 3 heterocycles. The summed E-state index contributed by atoms with van der Waals surface area (Å²) in [5.74, 6) is 1.04. The zero-order valence-electron chi connectivity index (χ0n) is 18.2.